The fraction of sp³-hybridized carbons (Fsp3) is 0. The van der Waals surface area contributed by atoms with Gasteiger partial charge in [-0.25, -0.2) is 0 Å². The molecule has 14 heavy (non-hydrogen) atoms. The van der Waals surface area contributed by atoms with Crippen LogP contribution in [0, 0.1) is 0 Å². The second-order valence-corrected chi connectivity index (χ2v) is 2.80. The Morgan fingerprint density at radius 1 is 0.857 bits per heavy atom. The number of nitrogens with zero attached hydrogens (tertiary/aromatic N) is 3. The number of nitrogens with two attached hydrogens (primary N) is 2. The number of anilines is 2. The van der Waals surface area contributed by atoms with Crippen LogP contribution in [-0.2, 0) is 0 Å². The van der Waals surface area contributed by atoms with Crippen LogP contribution < -0.4 is 11.5 Å². The molecule has 0 amide bonds. The zero-order chi connectivity index (χ0) is 9.97. The van der Waals surface area contributed by atoms with E-state index in [1.807, 2.05) is 30.3 Å². The van der Waals surface area contributed by atoms with E-state index in [1.54, 1.807) is 0 Å². The fourth-order valence-electron chi connectivity index (χ4n) is 1.25. The molecule has 0 saturated heterocycles. The minimum atomic E-state index is 0.295. The maximum atomic E-state index is 5.66. The van der Waals surface area contributed by atoms with Gasteiger partial charge in [0.1, 0.15) is 0 Å². The molecule has 5 nitrogen and oxygen atoms in total. The smallest absolute Gasteiger partial charge is 0.159 e. The van der Waals surface area contributed by atoms with Crippen LogP contribution in [-0.4, -0.2) is 15.4 Å². The van der Waals surface area contributed by atoms with Gasteiger partial charge in [-0.2, -0.15) is 0 Å². The van der Waals surface area contributed by atoms with E-state index in [4.69, 9.17) is 11.5 Å². The Morgan fingerprint density at radius 3 is 2.00 bits per heavy atom. The summed E-state index contributed by atoms with van der Waals surface area (Å²) in [5, 5.41) is 10.7. The molecule has 0 unspecified atom stereocenters. The third kappa shape index (κ3) is 1.35. The Bertz CT molecular complexity index is 420. The highest BCUT2D eigenvalue weighted by Gasteiger charge is 2.08. The Hall–Kier alpha value is -2.17. The molecular weight excluding hydrogens is 178 g/mol. The van der Waals surface area contributed by atoms with E-state index in [-0.39, 0.29) is 0 Å². The minimum Gasteiger partial charge on any atom is -0.382 e. The zero-order valence-electron chi connectivity index (χ0n) is 7.38. The summed E-state index contributed by atoms with van der Waals surface area (Å²) in [6.07, 6.45) is 0. The van der Waals surface area contributed by atoms with Gasteiger partial charge in [0, 0.05) is 0 Å². The van der Waals surface area contributed by atoms with Gasteiger partial charge in [-0.1, -0.05) is 30.3 Å². The van der Waals surface area contributed by atoms with Crippen LogP contribution in [0.15, 0.2) is 30.3 Å². The molecule has 0 atom stereocenters. The topological polar surface area (TPSA) is 90.7 Å². The highest BCUT2D eigenvalue weighted by atomic mass is 15.3. The van der Waals surface area contributed by atoms with Crippen molar-refractivity contribution >= 4 is 11.6 Å². The molecule has 0 radical (unpaired) electrons. The second kappa shape index (κ2) is 3.29. The van der Waals surface area contributed by atoms with Gasteiger partial charge < -0.3 is 11.5 Å². The summed E-state index contributed by atoms with van der Waals surface area (Å²) in [6.45, 7) is 0. The van der Waals surface area contributed by atoms with Crippen molar-refractivity contribution in [2.75, 3.05) is 11.5 Å². The van der Waals surface area contributed by atoms with Crippen molar-refractivity contribution in [1.29, 1.82) is 0 Å². The fourth-order valence-corrected chi connectivity index (χ4v) is 1.25. The van der Waals surface area contributed by atoms with Gasteiger partial charge in [0.2, 0.25) is 0 Å². The summed E-state index contributed by atoms with van der Waals surface area (Å²) >= 11 is 0. The van der Waals surface area contributed by atoms with Crippen LogP contribution in [0.3, 0.4) is 0 Å². The van der Waals surface area contributed by atoms with Crippen molar-refractivity contribution in [3.05, 3.63) is 30.3 Å². The van der Waals surface area contributed by atoms with E-state index in [1.165, 1.54) is 0 Å². The lowest BCUT2D eigenvalue weighted by Gasteiger charge is -2.04. The van der Waals surface area contributed by atoms with E-state index in [2.05, 4.69) is 15.4 Å². The van der Waals surface area contributed by atoms with Gasteiger partial charge >= 0.3 is 0 Å². The number of benzene rings is 1. The first kappa shape index (κ1) is 8.43. The third-order valence-electron chi connectivity index (χ3n) is 1.88. The molecule has 1 aromatic heterocycles. The van der Waals surface area contributed by atoms with Crippen LogP contribution in [0.2, 0.25) is 0 Å². The normalized spacial score (nSPS) is 10.0. The summed E-state index contributed by atoms with van der Waals surface area (Å²) in [7, 11) is 0. The predicted octanol–water partition coefficient (Wildman–Crippen LogP) is 0.703. The highest BCUT2D eigenvalue weighted by molar-refractivity contribution is 5.81. The van der Waals surface area contributed by atoms with E-state index in [0.717, 1.165) is 5.56 Å². The molecule has 70 valence electrons. The molecule has 4 N–H and O–H groups in total. The second-order valence-electron chi connectivity index (χ2n) is 2.80. The summed E-state index contributed by atoms with van der Waals surface area (Å²) in [6, 6.07) is 9.50. The molecule has 1 aromatic carbocycles. The van der Waals surface area contributed by atoms with Crippen LogP contribution in [0.4, 0.5) is 11.6 Å². The van der Waals surface area contributed by atoms with E-state index in [9.17, 15) is 0 Å². The van der Waals surface area contributed by atoms with E-state index < -0.39 is 0 Å². The number of rotatable bonds is 1. The van der Waals surface area contributed by atoms with Crippen LogP contribution in [0.5, 0.6) is 0 Å². The van der Waals surface area contributed by atoms with Crippen molar-refractivity contribution in [3.63, 3.8) is 0 Å². The molecular formula is C9H9N5. The predicted molar refractivity (Wildman–Crippen MR) is 54.1 cm³/mol. The van der Waals surface area contributed by atoms with Crippen molar-refractivity contribution in [1.82, 2.24) is 15.4 Å². The molecule has 0 saturated carbocycles. The molecule has 2 aromatic rings. The molecule has 0 fully saturated rings. The van der Waals surface area contributed by atoms with Crippen molar-refractivity contribution < 1.29 is 0 Å². The average molecular weight is 187 g/mol. The summed E-state index contributed by atoms with van der Waals surface area (Å²) < 4.78 is 0. The van der Waals surface area contributed by atoms with E-state index in [0.29, 0.717) is 17.2 Å². The number of nitrogen functional groups attached to an aromatic ring is 2. The first-order chi connectivity index (χ1) is 6.79. The molecule has 0 aliphatic carbocycles. The maximum absolute atomic E-state index is 5.66. The van der Waals surface area contributed by atoms with Gasteiger partial charge in [-0.05, 0) is 10.8 Å². The van der Waals surface area contributed by atoms with Gasteiger partial charge in [0.15, 0.2) is 11.6 Å². The van der Waals surface area contributed by atoms with Gasteiger partial charge in [-0.15, -0.1) is 10.2 Å². The Kier molecular flexibility index (Phi) is 1.98. The molecule has 0 aliphatic heterocycles. The van der Waals surface area contributed by atoms with Crippen molar-refractivity contribution in [2.24, 2.45) is 0 Å². The first-order valence-electron chi connectivity index (χ1n) is 4.09. The first-order valence-corrected chi connectivity index (χ1v) is 4.09. The Morgan fingerprint density at radius 2 is 1.43 bits per heavy atom. The number of hydrogen-bond acceptors (Lipinski definition) is 5. The zero-order valence-corrected chi connectivity index (χ0v) is 7.38. The summed E-state index contributed by atoms with van der Waals surface area (Å²) in [5.41, 5.74) is 12.9. The quantitative estimate of drug-likeness (QED) is 0.685. The van der Waals surface area contributed by atoms with Crippen LogP contribution >= 0.6 is 0 Å². The molecule has 0 bridgehead atoms. The highest BCUT2D eigenvalue weighted by Crippen LogP contribution is 2.27. The molecule has 0 aliphatic rings. The standard InChI is InChI=1S/C9H9N5/c10-8-7(9(11)13-14-12-8)6-4-2-1-3-5-6/h1-5H,(H4,10,11,12,13). The average Bonchev–Trinajstić information content (AvgIpc) is 2.19. The van der Waals surface area contributed by atoms with Crippen LogP contribution in [0.1, 0.15) is 0 Å². The van der Waals surface area contributed by atoms with Gasteiger partial charge in [0.05, 0.1) is 5.56 Å². The lowest BCUT2D eigenvalue weighted by atomic mass is 10.1. The molecule has 5 heteroatoms. The lowest BCUT2D eigenvalue weighted by Crippen LogP contribution is -2.04. The number of aromatic nitrogens is 3. The molecule has 1 heterocycles. The van der Waals surface area contributed by atoms with Crippen molar-refractivity contribution in [3.8, 4) is 11.1 Å². The van der Waals surface area contributed by atoms with Gasteiger partial charge in [-0.3, -0.25) is 0 Å². The summed E-state index contributed by atoms with van der Waals surface area (Å²) in [4.78, 5) is 0. The lowest BCUT2D eigenvalue weighted by molar-refractivity contribution is 0.883. The van der Waals surface area contributed by atoms with Crippen molar-refractivity contribution in [2.45, 2.75) is 0 Å². The maximum Gasteiger partial charge on any atom is 0.159 e. The third-order valence-corrected chi connectivity index (χ3v) is 1.88. The Labute approximate surface area is 80.8 Å². The SMILES string of the molecule is Nc1nnnc(N)c1-c1ccccc1. The minimum absolute atomic E-state index is 0.295. The monoisotopic (exact) mass is 187 g/mol. The van der Waals surface area contributed by atoms with E-state index >= 15 is 0 Å². The van der Waals surface area contributed by atoms with Gasteiger partial charge in [0.25, 0.3) is 0 Å². The van der Waals surface area contributed by atoms with Crippen LogP contribution in [0.25, 0.3) is 11.1 Å². The molecule has 2 rings (SSSR count). The number of hydrogen-bond donors (Lipinski definition) is 2. The molecule has 0 spiro atoms. The summed E-state index contributed by atoms with van der Waals surface area (Å²) in [5.74, 6) is 0.590. The Balaban J connectivity index is 2.63. The largest absolute Gasteiger partial charge is 0.382 e.